The maximum absolute atomic E-state index is 13.2. The van der Waals surface area contributed by atoms with Crippen LogP contribution in [-0.2, 0) is 16.0 Å². The number of ether oxygens (including phenoxy) is 2. The molecule has 7 heteroatoms. The average Bonchev–Trinajstić information content (AvgIpc) is 3.14. The molecule has 0 bridgehead atoms. The van der Waals surface area contributed by atoms with E-state index in [-0.39, 0.29) is 18.6 Å². The largest absolute Gasteiger partial charge is 0.454 e. The Kier molecular flexibility index (Phi) is 5.93. The van der Waals surface area contributed by atoms with Crippen LogP contribution in [0.1, 0.15) is 19.4 Å². The molecule has 2 aromatic carbocycles. The first-order valence-electron chi connectivity index (χ1n) is 8.97. The summed E-state index contributed by atoms with van der Waals surface area (Å²) in [5.41, 5.74) is 1.63. The molecule has 148 valence electrons. The molecule has 0 fully saturated rings. The van der Waals surface area contributed by atoms with E-state index in [0.717, 1.165) is 5.56 Å². The van der Waals surface area contributed by atoms with Gasteiger partial charge in [0, 0.05) is 25.2 Å². The Bertz CT molecular complexity index is 864. The van der Waals surface area contributed by atoms with Crippen LogP contribution in [0.5, 0.6) is 11.5 Å². The average molecular weight is 447 g/mol. The second kappa shape index (κ2) is 8.22. The second-order valence-corrected chi connectivity index (χ2v) is 9.11. The van der Waals surface area contributed by atoms with Gasteiger partial charge in [0.1, 0.15) is 6.04 Å². The third-order valence-electron chi connectivity index (χ3n) is 4.50. The predicted molar refractivity (Wildman–Crippen MR) is 111 cm³/mol. The molecule has 0 spiro atoms. The van der Waals surface area contributed by atoms with Crippen LogP contribution in [0.2, 0.25) is 0 Å². The van der Waals surface area contributed by atoms with Crippen molar-refractivity contribution in [2.45, 2.75) is 30.6 Å². The quantitative estimate of drug-likeness (QED) is 0.691. The molecule has 0 aliphatic carbocycles. The molecular formula is C21H23BrN2O4. The number of rotatable bonds is 6. The Labute approximate surface area is 172 Å². The van der Waals surface area contributed by atoms with Gasteiger partial charge in [0.15, 0.2) is 11.5 Å². The third-order valence-corrected chi connectivity index (χ3v) is 4.86. The van der Waals surface area contributed by atoms with Crippen molar-refractivity contribution in [2.75, 3.05) is 18.7 Å². The van der Waals surface area contributed by atoms with E-state index in [4.69, 9.17) is 9.47 Å². The molecule has 2 aromatic rings. The van der Waals surface area contributed by atoms with Crippen molar-refractivity contribution in [1.29, 1.82) is 0 Å². The highest BCUT2D eigenvalue weighted by Gasteiger charge is 2.31. The number of alkyl halides is 1. The zero-order chi connectivity index (χ0) is 20.3. The minimum Gasteiger partial charge on any atom is -0.454 e. The number of hydrogen-bond acceptors (Lipinski definition) is 4. The van der Waals surface area contributed by atoms with Crippen LogP contribution in [0.15, 0.2) is 48.5 Å². The van der Waals surface area contributed by atoms with Gasteiger partial charge in [0.25, 0.3) is 0 Å². The third kappa shape index (κ3) is 4.65. The summed E-state index contributed by atoms with van der Waals surface area (Å²) in [5, 5.41) is 2.88. The van der Waals surface area contributed by atoms with Crippen molar-refractivity contribution >= 4 is 33.4 Å². The van der Waals surface area contributed by atoms with Crippen LogP contribution < -0.4 is 19.7 Å². The summed E-state index contributed by atoms with van der Waals surface area (Å²) in [5.74, 6) is 0.788. The van der Waals surface area contributed by atoms with Gasteiger partial charge in [-0.05, 0) is 31.5 Å². The van der Waals surface area contributed by atoms with Gasteiger partial charge in [-0.15, -0.1) is 0 Å². The number of hydrogen-bond donors (Lipinski definition) is 1. The molecule has 0 unspecified atom stereocenters. The Morgan fingerprint density at radius 2 is 1.82 bits per heavy atom. The van der Waals surface area contributed by atoms with Crippen LogP contribution in [0.3, 0.4) is 0 Å². The lowest BCUT2D eigenvalue weighted by atomic mass is 10.0. The fourth-order valence-corrected chi connectivity index (χ4v) is 2.95. The van der Waals surface area contributed by atoms with Crippen LogP contribution in [-0.4, -0.2) is 36.0 Å². The van der Waals surface area contributed by atoms with E-state index < -0.39 is 10.4 Å². The summed E-state index contributed by atoms with van der Waals surface area (Å²) >= 11 is 3.36. The first-order valence-corrected chi connectivity index (χ1v) is 9.76. The van der Waals surface area contributed by atoms with E-state index in [2.05, 4.69) is 21.2 Å². The molecule has 3 rings (SSSR count). The lowest BCUT2D eigenvalue weighted by molar-refractivity contribution is -0.128. The monoisotopic (exact) mass is 446 g/mol. The van der Waals surface area contributed by atoms with E-state index in [1.165, 1.54) is 4.90 Å². The van der Waals surface area contributed by atoms with Gasteiger partial charge in [-0.2, -0.15) is 0 Å². The molecule has 6 nitrogen and oxygen atoms in total. The van der Waals surface area contributed by atoms with E-state index in [9.17, 15) is 9.59 Å². The number of benzene rings is 2. The first-order chi connectivity index (χ1) is 13.3. The van der Waals surface area contributed by atoms with Gasteiger partial charge >= 0.3 is 0 Å². The molecule has 1 heterocycles. The van der Waals surface area contributed by atoms with Crippen LogP contribution >= 0.6 is 15.9 Å². The number of likely N-dealkylation sites (N-methyl/N-ethyl adjacent to an activating group) is 1. The molecule has 0 saturated carbocycles. The molecular weight excluding hydrogens is 424 g/mol. The lowest BCUT2D eigenvalue weighted by Crippen LogP contribution is -2.52. The predicted octanol–water partition coefficient (Wildman–Crippen LogP) is 3.28. The number of fused-ring (bicyclic) bond motifs is 1. The maximum Gasteiger partial charge on any atom is 0.249 e. The SMILES string of the molecule is CN(C(=O)[C@H](Cc1ccccc1)NC(=O)C(C)(C)Br)c1ccc2c(c1)OCO2. The number of halogens is 1. The van der Waals surface area contributed by atoms with Crippen LogP contribution in [0.25, 0.3) is 0 Å². The van der Waals surface area contributed by atoms with Gasteiger partial charge in [-0.3, -0.25) is 9.59 Å². The van der Waals surface area contributed by atoms with Gasteiger partial charge in [0.05, 0.1) is 4.32 Å². The van der Waals surface area contributed by atoms with E-state index in [1.54, 1.807) is 39.1 Å². The second-order valence-electron chi connectivity index (χ2n) is 7.12. The highest BCUT2D eigenvalue weighted by atomic mass is 79.9. The molecule has 1 aliphatic rings. The number of nitrogens with one attached hydrogen (secondary N) is 1. The maximum atomic E-state index is 13.2. The first kappa shape index (κ1) is 20.2. The molecule has 1 atom stereocenters. The summed E-state index contributed by atoms with van der Waals surface area (Å²) in [4.78, 5) is 27.3. The molecule has 1 N–H and O–H groups in total. The number of carbonyl (C=O) groups excluding carboxylic acids is 2. The molecule has 0 aromatic heterocycles. The van der Waals surface area contributed by atoms with E-state index in [0.29, 0.717) is 23.6 Å². The molecule has 1 aliphatic heterocycles. The fourth-order valence-electron chi connectivity index (χ4n) is 2.83. The number of nitrogens with zero attached hydrogens (tertiary/aromatic N) is 1. The molecule has 2 amide bonds. The summed E-state index contributed by atoms with van der Waals surface area (Å²) in [6.45, 7) is 3.66. The Balaban J connectivity index is 1.83. The number of carbonyl (C=O) groups is 2. The van der Waals surface area contributed by atoms with Crippen molar-refractivity contribution in [3.05, 3.63) is 54.1 Å². The minimum atomic E-state index is -0.778. The Morgan fingerprint density at radius 3 is 2.50 bits per heavy atom. The molecule has 28 heavy (non-hydrogen) atoms. The number of amides is 2. The standard InChI is InChI=1S/C21H23BrN2O4/c1-21(2,22)20(26)23-16(11-14-7-5-4-6-8-14)19(25)24(3)15-9-10-17-18(12-15)28-13-27-17/h4-10,12,16H,11,13H2,1-3H3,(H,23,26)/t16-/m0/s1. The van der Waals surface area contributed by atoms with Crippen molar-refractivity contribution in [3.63, 3.8) is 0 Å². The van der Waals surface area contributed by atoms with Crippen LogP contribution in [0, 0.1) is 0 Å². The minimum absolute atomic E-state index is 0.170. The van der Waals surface area contributed by atoms with Gasteiger partial charge in [0.2, 0.25) is 18.6 Å². The van der Waals surface area contributed by atoms with Crippen LogP contribution in [0.4, 0.5) is 5.69 Å². The fraction of sp³-hybridized carbons (Fsp3) is 0.333. The Morgan fingerprint density at radius 1 is 1.14 bits per heavy atom. The zero-order valence-corrected chi connectivity index (χ0v) is 17.7. The van der Waals surface area contributed by atoms with Gasteiger partial charge in [-0.1, -0.05) is 46.3 Å². The zero-order valence-electron chi connectivity index (χ0n) is 16.1. The highest BCUT2D eigenvalue weighted by Crippen LogP contribution is 2.35. The van der Waals surface area contributed by atoms with E-state index >= 15 is 0 Å². The van der Waals surface area contributed by atoms with E-state index in [1.807, 2.05) is 30.3 Å². The lowest BCUT2D eigenvalue weighted by Gasteiger charge is -2.27. The summed E-state index contributed by atoms with van der Waals surface area (Å²) < 4.78 is 9.94. The van der Waals surface area contributed by atoms with Crippen molar-refractivity contribution < 1.29 is 19.1 Å². The van der Waals surface area contributed by atoms with Crippen molar-refractivity contribution in [2.24, 2.45) is 0 Å². The summed E-state index contributed by atoms with van der Waals surface area (Å²) in [6.07, 6.45) is 0.392. The normalized spacial score (nSPS) is 13.7. The summed E-state index contributed by atoms with van der Waals surface area (Å²) in [6, 6.07) is 14.2. The smallest absolute Gasteiger partial charge is 0.249 e. The van der Waals surface area contributed by atoms with Gasteiger partial charge in [-0.25, -0.2) is 0 Å². The Hall–Kier alpha value is -2.54. The van der Waals surface area contributed by atoms with Crippen molar-refractivity contribution in [1.82, 2.24) is 5.32 Å². The highest BCUT2D eigenvalue weighted by molar-refractivity contribution is 9.10. The molecule has 0 saturated heterocycles. The number of anilines is 1. The summed E-state index contributed by atoms with van der Waals surface area (Å²) in [7, 11) is 1.68. The molecule has 0 radical (unpaired) electrons. The van der Waals surface area contributed by atoms with Gasteiger partial charge < -0.3 is 19.7 Å². The van der Waals surface area contributed by atoms with Crippen molar-refractivity contribution in [3.8, 4) is 11.5 Å². The topological polar surface area (TPSA) is 67.9 Å².